The zero-order valence-corrected chi connectivity index (χ0v) is 10.1. The maximum atomic E-state index is 5.54. The molecule has 0 amide bonds. The molecule has 13 heavy (non-hydrogen) atoms. The van der Waals surface area contributed by atoms with E-state index < -0.39 is 0 Å². The lowest BCUT2D eigenvalue weighted by Gasteiger charge is -2.04. The Hall–Kier alpha value is 0.01000. The molecule has 0 heterocycles. The van der Waals surface area contributed by atoms with Crippen LogP contribution in [0, 0.1) is 0 Å². The molecule has 72 valence electrons. The van der Waals surface area contributed by atoms with Gasteiger partial charge in [-0.2, -0.15) is 0 Å². The molecule has 0 spiro atoms. The molecule has 0 unspecified atom stereocenters. The summed E-state index contributed by atoms with van der Waals surface area (Å²) in [5.41, 5.74) is 6.72. The highest BCUT2D eigenvalue weighted by Crippen LogP contribution is 2.28. The van der Waals surface area contributed by atoms with Crippen molar-refractivity contribution in [1.29, 1.82) is 0 Å². The molecule has 0 saturated heterocycles. The molecule has 0 aliphatic heterocycles. The van der Waals surface area contributed by atoms with Crippen molar-refractivity contribution in [2.45, 2.75) is 24.8 Å². The number of thioether (sulfide) groups is 1. The summed E-state index contributed by atoms with van der Waals surface area (Å²) in [6.07, 6.45) is 1.20. The average Bonchev–Trinajstić information content (AvgIpc) is 2.16. The van der Waals surface area contributed by atoms with E-state index >= 15 is 0 Å². The van der Waals surface area contributed by atoms with Crippen molar-refractivity contribution in [3.63, 3.8) is 0 Å². The van der Waals surface area contributed by atoms with Crippen LogP contribution in [-0.4, -0.2) is 5.75 Å². The minimum absolute atomic E-state index is 0.608. The van der Waals surface area contributed by atoms with Crippen molar-refractivity contribution in [3.05, 3.63) is 28.2 Å². The Bertz CT molecular complexity index is 276. The van der Waals surface area contributed by atoms with Gasteiger partial charge >= 0.3 is 0 Å². The minimum atomic E-state index is 0.608. The van der Waals surface area contributed by atoms with Gasteiger partial charge in [0.1, 0.15) is 0 Å². The van der Waals surface area contributed by atoms with Crippen LogP contribution in [0.2, 0.25) is 0 Å². The largest absolute Gasteiger partial charge is 0.326 e. The fourth-order valence-corrected chi connectivity index (χ4v) is 2.56. The van der Waals surface area contributed by atoms with Gasteiger partial charge in [0, 0.05) is 15.9 Å². The van der Waals surface area contributed by atoms with Crippen LogP contribution >= 0.6 is 27.7 Å². The lowest BCUT2D eigenvalue weighted by Crippen LogP contribution is -1.95. The number of hydrogen-bond donors (Lipinski definition) is 1. The molecule has 1 nitrogen and oxygen atoms in total. The summed E-state index contributed by atoms with van der Waals surface area (Å²) in [5, 5.41) is 0. The van der Waals surface area contributed by atoms with E-state index in [1.807, 2.05) is 11.8 Å². The smallest absolute Gasteiger partial charge is 0.0314 e. The highest BCUT2D eigenvalue weighted by molar-refractivity contribution is 9.10. The molecule has 0 saturated carbocycles. The Morgan fingerprint density at radius 1 is 1.46 bits per heavy atom. The van der Waals surface area contributed by atoms with Crippen molar-refractivity contribution >= 4 is 27.7 Å². The van der Waals surface area contributed by atoms with Gasteiger partial charge in [-0.15, -0.1) is 11.8 Å². The molecule has 0 fully saturated rings. The van der Waals surface area contributed by atoms with Gasteiger partial charge in [-0.3, -0.25) is 0 Å². The van der Waals surface area contributed by atoms with Gasteiger partial charge in [0.15, 0.2) is 0 Å². The third kappa shape index (κ3) is 3.33. The van der Waals surface area contributed by atoms with Crippen molar-refractivity contribution < 1.29 is 0 Å². The van der Waals surface area contributed by atoms with Crippen LogP contribution in [0.15, 0.2) is 27.6 Å². The summed E-state index contributed by atoms with van der Waals surface area (Å²) in [6.45, 7) is 2.80. The standard InChI is InChI=1S/C10H14BrNS/c1-2-5-13-10-4-3-8(7-12)6-9(10)11/h3-4,6H,2,5,7,12H2,1H3. The van der Waals surface area contributed by atoms with E-state index in [2.05, 4.69) is 41.1 Å². The molecule has 1 aromatic carbocycles. The molecular weight excluding hydrogens is 246 g/mol. The highest BCUT2D eigenvalue weighted by Gasteiger charge is 2.00. The molecule has 0 bridgehead atoms. The predicted octanol–water partition coefficient (Wildman–Crippen LogP) is 3.41. The highest BCUT2D eigenvalue weighted by atomic mass is 79.9. The quantitative estimate of drug-likeness (QED) is 0.839. The summed E-state index contributed by atoms with van der Waals surface area (Å²) in [5.74, 6) is 1.17. The first-order chi connectivity index (χ1) is 6.27. The van der Waals surface area contributed by atoms with Gasteiger partial charge in [0.05, 0.1) is 0 Å². The number of hydrogen-bond acceptors (Lipinski definition) is 2. The summed E-state index contributed by atoms with van der Waals surface area (Å²) in [6, 6.07) is 6.31. The summed E-state index contributed by atoms with van der Waals surface area (Å²) in [4.78, 5) is 1.30. The van der Waals surface area contributed by atoms with Crippen LogP contribution in [0.5, 0.6) is 0 Å². The monoisotopic (exact) mass is 259 g/mol. The fourth-order valence-electron chi connectivity index (χ4n) is 1.00. The Kier molecular flexibility index (Phi) is 4.84. The van der Waals surface area contributed by atoms with Gasteiger partial charge in [-0.25, -0.2) is 0 Å². The SMILES string of the molecule is CCCSc1ccc(CN)cc1Br. The second kappa shape index (κ2) is 5.68. The Balaban J connectivity index is 2.73. The molecule has 0 aromatic heterocycles. The normalized spacial score (nSPS) is 10.4. The first-order valence-corrected chi connectivity index (χ1v) is 6.17. The molecule has 3 heteroatoms. The third-order valence-electron chi connectivity index (χ3n) is 1.69. The van der Waals surface area contributed by atoms with Crippen molar-refractivity contribution in [2.75, 3.05) is 5.75 Å². The lowest BCUT2D eigenvalue weighted by molar-refractivity contribution is 1.06. The molecule has 0 aliphatic rings. The number of halogens is 1. The third-order valence-corrected chi connectivity index (χ3v) is 3.89. The van der Waals surface area contributed by atoms with E-state index in [4.69, 9.17) is 5.73 Å². The summed E-state index contributed by atoms with van der Waals surface area (Å²) in [7, 11) is 0. The molecule has 2 N–H and O–H groups in total. The maximum absolute atomic E-state index is 5.54. The van der Waals surface area contributed by atoms with Gasteiger partial charge in [0.25, 0.3) is 0 Å². The van der Waals surface area contributed by atoms with Gasteiger partial charge in [-0.1, -0.05) is 13.0 Å². The van der Waals surface area contributed by atoms with Crippen LogP contribution in [0.3, 0.4) is 0 Å². The summed E-state index contributed by atoms with van der Waals surface area (Å²) < 4.78 is 1.16. The molecule has 1 aromatic rings. The second-order valence-corrected chi connectivity index (χ2v) is 4.81. The van der Waals surface area contributed by atoms with E-state index in [-0.39, 0.29) is 0 Å². The minimum Gasteiger partial charge on any atom is -0.326 e. The van der Waals surface area contributed by atoms with Crippen LogP contribution in [0.25, 0.3) is 0 Å². The number of benzene rings is 1. The average molecular weight is 260 g/mol. The molecule has 0 atom stereocenters. The molecular formula is C10H14BrNS. The molecule has 0 radical (unpaired) electrons. The van der Waals surface area contributed by atoms with Crippen LogP contribution in [0.1, 0.15) is 18.9 Å². The first kappa shape index (κ1) is 11.1. The van der Waals surface area contributed by atoms with E-state index in [0.29, 0.717) is 6.54 Å². The molecule has 0 aliphatic carbocycles. The lowest BCUT2D eigenvalue weighted by atomic mass is 10.2. The maximum Gasteiger partial charge on any atom is 0.0314 e. The number of rotatable bonds is 4. The van der Waals surface area contributed by atoms with Gasteiger partial charge in [0.2, 0.25) is 0 Å². The Morgan fingerprint density at radius 3 is 2.77 bits per heavy atom. The zero-order valence-electron chi connectivity index (χ0n) is 7.72. The molecule has 1 rings (SSSR count). The van der Waals surface area contributed by atoms with Crippen molar-refractivity contribution in [1.82, 2.24) is 0 Å². The van der Waals surface area contributed by atoms with Gasteiger partial charge in [-0.05, 0) is 45.8 Å². The van der Waals surface area contributed by atoms with Gasteiger partial charge < -0.3 is 5.73 Å². The number of nitrogens with two attached hydrogens (primary N) is 1. The van der Waals surface area contributed by atoms with E-state index in [9.17, 15) is 0 Å². The zero-order chi connectivity index (χ0) is 9.68. The van der Waals surface area contributed by atoms with Crippen molar-refractivity contribution in [3.8, 4) is 0 Å². The van der Waals surface area contributed by atoms with E-state index in [1.165, 1.54) is 22.6 Å². The Morgan fingerprint density at radius 2 is 2.23 bits per heavy atom. The topological polar surface area (TPSA) is 26.0 Å². The van der Waals surface area contributed by atoms with Crippen molar-refractivity contribution in [2.24, 2.45) is 5.73 Å². The predicted molar refractivity (Wildman–Crippen MR) is 63.0 cm³/mol. The Labute approximate surface area is 92.2 Å². The van der Waals surface area contributed by atoms with E-state index in [0.717, 1.165) is 4.47 Å². The van der Waals surface area contributed by atoms with Crippen LogP contribution < -0.4 is 5.73 Å². The first-order valence-electron chi connectivity index (χ1n) is 4.39. The van der Waals surface area contributed by atoms with E-state index in [1.54, 1.807) is 0 Å². The fraction of sp³-hybridized carbons (Fsp3) is 0.400. The van der Waals surface area contributed by atoms with Crippen LogP contribution in [0.4, 0.5) is 0 Å². The van der Waals surface area contributed by atoms with Crippen LogP contribution in [-0.2, 0) is 6.54 Å². The second-order valence-electron chi connectivity index (χ2n) is 2.82. The summed E-state index contributed by atoms with van der Waals surface area (Å²) >= 11 is 5.42.